The minimum atomic E-state index is -0.374. The number of para-hydroxylation sites is 1. The fourth-order valence-corrected chi connectivity index (χ4v) is 3.30. The van der Waals surface area contributed by atoms with Crippen molar-refractivity contribution in [1.29, 1.82) is 0 Å². The lowest BCUT2D eigenvalue weighted by molar-refractivity contribution is -0.123. The molecule has 0 aliphatic rings. The Morgan fingerprint density at radius 1 is 1.00 bits per heavy atom. The van der Waals surface area contributed by atoms with Gasteiger partial charge in [-0.1, -0.05) is 72.3 Å². The van der Waals surface area contributed by atoms with E-state index in [4.69, 9.17) is 20.8 Å². The van der Waals surface area contributed by atoms with Gasteiger partial charge in [-0.15, -0.1) is 0 Å². The molecule has 1 heterocycles. The predicted molar refractivity (Wildman–Crippen MR) is 127 cm³/mol. The van der Waals surface area contributed by atoms with Gasteiger partial charge in [-0.05, 0) is 42.3 Å². The zero-order chi connectivity index (χ0) is 22.3. The molecule has 1 aromatic heterocycles. The predicted octanol–water partition coefficient (Wildman–Crippen LogP) is 6.10. The summed E-state index contributed by atoms with van der Waals surface area (Å²) in [7, 11) is 0. The molecule has 0 unspecified atom stereocenters. The first-order valence-electron chi connectivity index (χ1n) is 10.1. The molecule has 0 fully saturated rings. The van der Waals surface area contributed by atoms with Crippen molar-refractivity contribution >= 4 is 23.7 Å². The molecular weight excluding hydrogens is 424 g/mol. The third-order valence-corrected chi connectivity index (χ3v) is 5.20. The second-order valence-electron chi connectivity index (χ2n) is 7.11. The van der Waals surface area contributed by atoms with Crippen molar-refractivity contribution < 1.29 is 13.9 Å². The molecule has 0 bridgehead atoms. The summed E-state index contributed by atoms with van der Waals surface area (Å²) in [6, 6.07) is 26.8. The summed E-state index contributed by atoms with van der Waals surface area (Å²) in [6.07, 6.45) is 1.44. The molecule has 4 rings (SSSR count). The summed E-state index contributed by atoms with van der Waals surface area (Å²) in [5.41, 5.74) is 6.26. The number of amides is 1. The minimum Gasteiger partial charge on any atom is -0.483 e. The molecule has 1 amide bonds. The van der Waals surface area contributed by atoms with Crippen LogP contribution >= 0.6 is 11.6 Å². The maximum absolute atomic E-state index is 12.2. The van der Waals surface area contributed by atoms with Gasteiger partial charge in [0.25, 0.3) is 5.91 Å². The van der Waals surface area contributed by atoms with Crippen LogP contribution in [0, 0.1) is 6.92 Å². The highest BCUT2D eigenvalue weighted by Crippen LogP contribution is 2.29. The molecule has 0 atom stereocenters. The number of hydrogen-bond donors (Lipinski definition) is 1. The monoisotopic (exact) mass is 444 g/mol. The SMILES string of the molecule is Cc1ccc(-c2ccc(/C=N\NC(=O)COc3ccccc3-c3ccccc3)o2)cc1Cl. The quantitative estimate of drug-likeness (QED) is 0.276. The van der Waals surface area contributed by atoms with Crippen molar-refractivity contribution in [3.05, 3.63) is 101 Å². The van der Waals surface area contributed by atoms with Gasteiger partial charge in [-0.25, -0.2) is 5.43 Å². The number of hydrogen-bond acceptors (Lipinski definition) is 4. The standard InChI is InChI=1S/C26H21ClN2O3/c1-18-11-12-20(15-23(18)27)24-14-13-21(32-24)16-28-29-26(30)17-31-25-10-6-5-9-22(25)19-7-3-2-4-8-19/h2-16H,17H2,1H3,(H,29,30)/b28-16-. The first-order chi connectivity index (χ1) is 15.6. The fourth-order valence-electron chi connectivity index (χ4n) is 3.12. The third-order valence-electron chi connectivity index (χ3n) is 4.79. The molecule has 0 spiro atoms. The van der Waals surface area contributed by atoms with Crippen LogP contribution in [-0.4, -0.2) is 18.7 Å². The number of aryl methyl sites for hydroxylation is 1. The van der Waals surface area contributed by atoms with Crippen molar-refractivity contribution in [2.75, 3.05) is 6.61 Å². The summed E-state index contributed by atoms with van der Waals surface area (Å²) in [6.45, 7) is 1.78. The van der Waals surface area contributed by atoms with Gasteiger partial charge in [0, 0.05) is 16.1 Å². The third kappa shape index (κ3) is 5.25. The molecule has 0 saturated carbocycles. The average molecular weight is 445 g/mol. The van der Waals surface area contributed by atoms with Crippen LogP contribution in [0.25, 0.3) is 22.5 Å². The number of rotatable bonds is 7. The number of furan rings is 1. The molecule has 4 aromatic rings. The minimum absolute atomic E-state index is 0.160. The molecular formula is C26H21ClN2O3. The van der Waals surface area contributed by atoms with Crippen LogP contribution in [-0.2, 0) is 4.79 Å². The number of benzene rings is 3. The highest BCUT2D eigenvalue weighted by atomic mass is 35.5. The highest BCUT2D eigenvalue weighted by Gasteiger charge is 2.08. The van der Waals surface area contributed by atoms with Gasteiger partial charge in [-0.3, -0.25) is 4.79 Å². The topological polar surface area (TPSA) is 63.8 Å². The molecule has 160 valence electrons. The normalized spacial score (nSPS) is 10.9. The summed E-state index contributed by atoms with van der Waals surface area (Å²) in [4.78, 5) is 12.2. The maximum atomic E-state index is 12.2. The van der Waals surface area contributed by atoms with Gasteiger partial charge in [0.05, 0.1) is 6.21 Å². The van der Waals surface area contributed by atoms with E-state index in [0.29, 0.717) is 22.3 Å². The number of carbonyl (C=O) groups excluding carboxylic acids is 1. The van der Waals surface area contributed by atoms with Crippen LogP contribution in [0.5, 0.6) is 5.75 Å². The van der Waals surface area contributed by atoms with Crippen molar-refractivity contribution in [3.63, 3.8) is 0 Å². The van der Waals surface area contributed by atoms with Gasteiger partial charge in [-0.2, -0.15) is 5.10 Å². The van der Waals surface area contributed by atoms with Crippen LogP contribution in [0.2, 0.25) is 5.02 Å². The van der Waals surface area contributed by atoms with E-state index in [2.05, 4.69) is 10.5 Å². The zero-order valence-electron chi connectivity index (χ0n) is 17.4. The number of hydrazone groups is 1. The second kappa shape index (κ2) is 9.98. The molecule has 32 heavy (non-hydrogen) atoms. The van der Waals surface area contributed by atoms with Gasteiger partial charge >= 0.3 is 0 Å². The molecule has 6 heteroatoms. The van der Waals surface area contributed by atoms with Gasteiger partial charge in [0.2, 0.25) is 0 Å². The van der Waals surface area contributed by atoms with Crippen LogP contribution in [0.4, 0.5) is 0 Å². The largest absolute Gasteiger partial charge is 0.483 e. The van der Waals surface area contributed by atoms with E-state index < -0.39 is 0 Å². The van der Waals surface area contributed by atoms with Crippen molar-refractivity contribution in [2.45, 2.75) is 6.92 Å². The number of nitrogens with one attached hydrogen (secondary N) is 1. The summed E-state index contributed by atoms with van der Waals surface area (Å²) in [5.74, 6) is 1.43. The first-order valence-corrected chi connectivity index (χ1v) is 10.4. The van der Waals surface area contributed by atoms with E-state index in [9.17, 15) is 4.79 Å². The van der Waals surface area contributed by atoms with E-state index in [0.717, 1.165) is 22.3 Å². The average Bonchev–Trinajstić information content (AvgIpc) is 3.29. The van der Waals surface area contributed by atoms with Crippen LogP contribution in [0.15, 0.2) is 94.4 Å². The lowest BCUT2D eigenvalue weighted by atomic mass is 10.1. The number of nitrogens with zero attached hydrogens (tertiary/aromatic N) is 1. The Bertz CT molecular complexity index is 1250. The lowest BCUT2D eigenvalue weighted by Gasteiger charge is -2.10. The first kappa shape index (κ1) is 21.4. The number of halogens is 1. The Labute approximate surface area is 191 Å². The smallest absolute Gasteiger partial charge is 0.277 e. The number of ether oxygens (including phenoxy) is 1. The van der Waals surface area contributed by atoms with E-state index in [-0.39, 0.29) is 12.5 Å². The molecule has 5 nitrogen and oxygen atoms in total. The van der Waals surface area contributed by atoms with Crippen LogP contribution in [0.1, 0.15) is 11.3 Å². The zero-order valence-corrected chi connectivity index (χ0v) is 18.2. The van der Waals surface area contributed by atoms with Gasteiger partial charge < -0.3 is 9.15 Å². The molecule has 1 N–H and O–H groups in total. The van der Waals surface area contributed by atoms with Gasteiger partial charge in [0.15, 0.2) is 6.61 Å². The van der Waals surface area contributed by atoms with E-state index >= 15 is 0 Å². The highest BCUT2D eigenvalue weighted by molar-refractivity contribution is 6.31. The summed E-state index contributed by atoms with van der Waals surface area (Å²) < 4.78 is 11.5. The lowest BCUT2D eigenvalue weighted by Crippen LogP contribution is -2.24. The fraction of sp³-hybridized carbons (Fsp3) is 0.0769. The molecule has 0 aliphatic heterocycles. The van der Waals surface area contributed by atoms with Crippen molar-refractivity contribution in [1.82, 2.24) is 5.43 Å². The molecule has 0 aliphatic carbocycles. The van der Waals surface area contributed by atoms with Crippen molar-refractivity contribution in [2.24, 2.45) is 5.10 Å². The maximum Gasteiger partial charge on any atom is 0.277 e. The van der Waals surface area contributed by atoms with E-state index in [1.807, 2.05) is 85.8 Å². The molecule has 3 aromatic carbocycles. The van der Waals surface area contributed by atoms with Gasteiger partial charge in [0.1, 0.15) is 17.3 Å². The molecule has 0 radical (unpaired) electrons. The van der Waals surface area contributed by atoms with Crippen molar-refractivity contribution in [3.8, 4) is 28.2 Å². The Balaban J connectivity index is 1.33. The second-order valence-corrected chi connectivity index (χ2v) is 7.52. The van der Waals surface area contributed by atoms with E-state index in [1.54, 1.807) is 6.07 Å². The molecule has 0 saturated heterocycles. The summed E-state index contributed by atoms with van der Waals surface area (Å²) in [5, 5.41) is 4.62. The Morgan fingerprint density at radius 2 is 1.78 bits per heavy atom. The Hall–Kier alpha value is -3.83. The Morgan fingerprint density at radius 3 is 2.59 bits per heavy atom. The Kier molecular flexibility index (Phi) is 6.68. The van der Waals surface area contributed by atoms with Crippen LogP contribution < -0.4 is 10.2 Å². The summed E-state index contributed by atoms with van der Waals surface area (Å²) >= 11 is 6.18. The number of carbonyl (C=O) groups is 1. The van der Waals surface area contributed by atoms with Crippen LogP contribution in [0.3, 0.4) is 0 Å². The van der Waals surface area contributed by atoms with E-state index in [1.165, 1.54) is 6.21 Å².